The molecular weight excluding hydrogens is 354 g/mol. The zero-order valence-electron chi connectivity index (χ0n) is 16.3. The Kier molecular flexibility index (Phi) is 3.84. The third-order valence-corrected chi connectivity index (χ3v) is 6.63. The second-order valence-electron chi connectivity index (χ2n) is 8.26. The summed E-state index contributed by atoms with van der Waals surface area (Å²) in [7, 11) is 3.69. The molecule has 1 aromatic heterocycles. The molecule has 7 heteroatoms. The number of nitrogens with zero attached hydrogens (tertiary/aromatic N) is 4. The third-order valence-electron chi connectivity index (χ3n) is 6.63. The van der Waals surface area contributed by atoms with Crippen LogP contribution in [0.2, 0.25) is 0 Å². The van der Waals surface area contributed by atoms with Crippen molar-refractivity contribution in [3.05, 3.63) is 47.8 Å². The maximum absolute atomic E-state index is 13.6. The molecule has 4 heterocycles. The monoisotopic (exact) mass is 379 g/mol. The first-order valence-corrected chi connectivity index (χ1v) is 9.92. The highest BCUT2D eigenvalue weighted by atomic mass is 16.2. The second kappa shape index (κ2) is 6.17. The molecule has 2 fully saturated rings. The van der Waals surface area contributed by atoms with Crippen LogP contribution in [0.15, 0.2) is 36.7 Å². The van der Waals surface area contributed by atoms with Crippen molar-refractivity contribution in [2.24, 2.45) is 13.0 Å². The highest BCUT2D eigenvalue weighted by Crippen LogP contribution is 2.55. The normalized spacial score (nSPS) is 28.4. The van der Waals surface area contributed by atoms with Gasteiger partial charge in [0.25, 0.3) is 0 Å². The van der Waals surface area contributed by atoms with Crippen molar-refractivity contribution < 1.29 is 9.59 Å². The molecule has 0 saturated carbocycles. The predicted molar refractivity (Wildman–Crippen MR) is 104 cm³/mol. The Morgan fingerprint density at radius 3 is 3.00 bits per heavy atom. The van der Waals surface area contributed by atoms with E-state index in [4.69, 9.17) is 0 Å². The molecule has 1 spiro atoms. The number of rotatable bonds is 3. The molecule has 0 unspecified atom stereocenters. The van der Waals surface area contributed by atoms with E-state index in [1.54, 1.807) is 15.8 Å². The summed E-state index contributed by atoms with van der Waals surface area (Å²) >= 11 is 0. The molecule has 2 saturated heterocycles. The van der Waals surface area contributed by atoms with E-state index in [-0.39, 0.29) is 23.8 Å². The van der Waals surface area contributed by atoms with Gasteiger partial charge in [-0.25, -0.2) is 0 Å². The Hall–Kier alpha value is -2.67. The van der Waals surface area contributed by atoms with Crippen molar-refractivity contribution in [1.82, 2.24) is 19.6 Å². The maximum atomic E-state index is 13.6. The van der Waals surface area contributed by atoms with E-state index in [0.29, 0.717) is 6.54 Å². The molecular formula is C21H25N5O2. The fourth-order valence-electron chi connectivity index (χ4n) is 5.53. The van der Waals surface area contributed by atoms with Gasteiger partial charge in [-0.2, -0.15) is 5.10 Å². The second-order valence-corrected chi connectivity index (χ2v) is 8.26. The summed E-state index contributed by atoms with van der Waals surface area (Å²) in [6, 6.07) is 8.13. The Labute approximate surface area is 164 Å². The molecule has 7 nitrogen and oxygen atoms in total. The first kappa shape index (κ1) is 17.4. The fourth-order valence-corrected chi connectivity index (χ4v) is 5.53. The van der Waals surface area contributed by atoms with Gasteiger partial charge in [0.05, 0.1) is 12.1 Å². The van der Waals surface area contributed by atoms with Crippen LogP contribution in [-0.2, 0) is 28.7 Å². The van der Waals surface area contributed by atoms with Gasteiger partial charge in [0, 0.05) is 49.7 Å². The summed E-state index contributed by atoms with van der Waals surface area (Å²) in [5.74, 6) is -0.389. The molecule has 1 aromatic carbocycles. The molecule has 2 amide bonds. The number of benzene rings is 1. The van der Waals surface area contributed by atoms with Crippen LogP contribution < -0.4 is 5.32 Å². The van der Waals surface area contributed by atoms with Crippen LogP contribution in [0.1, 0.15) is 30.4 Å². The maximum Gasteiger partial charge on any atom is 0.250 e. The molecule has 2 aromatic rings. The first-order valence-electron chi connectivity index (χ1n) is 9.92. The van der Waals surface area contributed by atoms with Gasteiger partial charge >= 0.3 is 0 Å². The van der Waals surface area contributed by atoms with Gasteiger partial charge in [-0.05, 0) is 31.9 Å². The topological polar surface area (TPSA) is 70.5 Å². The number of aromatic nitrogens is 2. The Balaban J connectivity index is 1.53. The highest BCUT2D eigenvalue weighted by molar-refractivity contribution is 6.09. The van der Waals surface area contributed by atoms with Crippen LogP contribution in [0.25, 0.3) is 0 Å². The molecule has 0 bridgehead atoms. The van der Waals surface area contributed by atoms with Crippen LogP contribution in [-0.4, -0.2) is 51.0 Å². The number of carbonyl (C=O) groups excluding carboxylic acids is 2. The number of hydrogen-bond donors (Lipinski definition) is 1. The number of fused-ring (bicyclic) bond motifs is 4. The van der Waals surface area contributed by atoms with Gasteiger partial charge in [-0.3, -0.25) is 19.2 Å². The molecule has 5 rings (SSSR count). The van der Waals surface area contributed by atoms with Crippen molar-refractivity contribution in [2.75, 3.05) is 18.9 Å². The molecule has 146 valence electrons. The van der Waals surface area contributed by atoms with Crippen LogP contribution in [0.3, 0.4) is 0 Å². The summed E-state index contributed by atoms with van der Waals surface area (Å²) in [4.78, 5) is 31.0. The molecule has 0 radical (unpaired) electrons. The van der Waals surface area contributed by atoms with Gasteiger partial charge in [-0.1, -0.05) is 18.2 Å². The van der Waals surface area contributed by atoms with Crippen molar-refractivity contribution in [2.45, 2.75) is 37.4 Å². The van der Waals surface area contributed by atoms with Gasteiger partial charge < -0.3 is 10.2 Å². The lowest BCUT2D eigenvalue weighted by atomic mass is 9.78. The van der Waals surface area contributed by atoms with E-state index in [1.807, 2.05) is 44.6 Å². The summed E-state index contributed by atoms with van der Waals surface area (Å²) in [5, 5.41) is 7.25. The third kappa shape index (κ3) is 2.29. The van der Waals surface area contributed by atoms with E-state index in [1.165, 1.54) is 0 Å². The number of anilines is 1. The van der Waals surface area contributed by atoms with Gasteiger partial charge in [0.1, 0.15) is 5.54 Å². The number of aryl methyl sites for hydroxylation is 1. The SMILES string of the molecule is CN(Cc1cnn(C)c1)C(=O)[C@@H]1C[C@H]2CCCN2[C@]12C(=O)Nc1ccccc12. The highest BCUT2D eigenvalue weighted by Gasteiger charge is 2.65. The summed E-state index contributed by atoms with van der Waals surface area (Å²) in [6.07, 6.45) is 6.56. The van der Waals surface area contributed by atoms with E-state index >= 15 is 0 Å². The first-order chi connectivity index (χ1) is 13.5. The van der Waals surface area contributed by atoms with E-state index in [9.17, 15) is 9.59 Å². The van der Waals surface area contributed by atoms with Crippen LogP contribution in [0, 0.1) is 5.92 Å². The Morgan fingerprint density at radius 2 is 2.21 bits per heavy atom. The van der Waals surface area contributed by atoms with Gasteiger partial charge in [0.15, 0.2) is 0 Å². The number of carbonyl (C=O) groups is 2. The molecule has 3 aliphatic rings. The fraction of sp³-hybridized carbons (Fsp3) is 0.476. The quantitative estimate of drug-likeness (QED) is 0.881. The van der Waals surface area contributed by atoms with Crippen LogP contribution in [0.4, 0.5) is 5.69 Å². The largest absolute Gasteiger partial charge is 0.341 e. The van der Waals surface area contributed by atoms with Crippen molar-refractivity contribution in [1.29, 1.82) is 0 Å². The molecule has 28 heavy (non-hydrogen) atoms. The van der Waals surface area contributed by atoms with Crippen LogP contribution in [0.5, 0.6) is 0 Å². The van der Waals surface area contributed by atoms with Crippen molar-refractivity contribution in [3.8, 4) is 0 Å². The average molecular weight is 379 g/mol. The lowest BCUT2D eigenvalue weighted by Gasteiger charge is -2.37. The zero-order chi connectivity index (χ0) is 19.5. The molecule has 0 aliphatic carbocycles. The average Bonchev–Trinajstić information content (AvgIpc) is 3.41. The van der Waals surface area contributed by atoms with E-state index in [2.05, 4.69) is 15.3 Å². The van der Waals surface area contributed by atoms with Gasteiger partial charge in [0.2, 0.25) is 11.8 Å². The Bertz CT molecular complexity index is 954. The molecule has 1 N–H and O–H groups in total. The lowest BCUT2D eigenvalue weighted by Crippen LogP contribution is -2.54. The summed E-state index contributed by atoms with van der Waals surface area (Å²) in [6.45, 7) is 1.36. The minimum atomic E-state index is -0.877. The molecule has 3 aliphatic heterocycles. The lowest BCUT2D eigenvalue weighted by molar-refractivity contribution is -0.143. The van der Waals surface area contributed by atoms with E-state index in [0.717, 1.165) is 42.6 Å². The minimum absolute atomic E-state index is 0.0325. The minimum Gasteiger partial charge on any atom is -0.341 e. The number of amides is 2. The smallest absolute Gasteiger partial charge is 0.250 e. The van der Waals surface area contributed by atoms with Crippen molar-refractivity contribution in [3.63, 3.8) is 0 Å². The molecule has 3 atom stereocenters. The Morgan fingerprint density at radius 1 is 1.39 bits per heavy atom. The van der Waals surface area contributed by atoms with E-state index < -0.39 is 5.54 Å². The van der Waals surface area contributed by atoms with Gasteiger partial charge in [-0.15, -0.1) is 0 Å². The van der Waals surface area contributed by atoms with Crippen LogP contribution >= 0.6 is 0 Å². The summed E-state index contributed by atoms with van der Waals surface area (Å²) < 4.78 is 1.74. The standard InChI is InChI=1S/C21H25N5O2/c1-24(12-14-11-22-25(2)13-14)19(27)17-10-15-6-5-9-26(15)21(17)16-7-3-4-8-18(16)23-20(21)28/h3-4,7-8,11,13,15,17H,5-6,9-10,12H2,1-2H3,(H,23,28)/t15-,17+,21+/m1/s1. The zero-order valence-corrected chi connectivity index (χ0v) is 16.3. The summed E-state index contributed by atoms with van der Waals surface area (Å²) in [5.41, 5.74) is 1.91. The number of hydrogen-bond acceptors (Lipinski definition) is 4. The predicted octanol–water partition coefficient (Wildman–Crippen LogP) is 1.71. The van der Waals surface area contributed by atoms with Crippen molar-refractivity contribution >= 4 is 17.5 Å². The number of para-hydroxylation sites is 1. The number of nitrogens with one attached hydrogen (secondary N) is 1.